The topological polar surface area (TPSA) is 70.1 Å². The Labute approximate surface area is 75.5 Å². The van der Waals surface area contributed by atoms with Gasteiger partial charge in [-0.05, 0) is 17.7 Å². The molecule has 0 aromatic heterocycles. The standard InChI is InChI=1S/C9H11FN2O/c10-8(9(11)12)5-6-1-3-7(13)4-2-6/h1-4,8,13H,5H2,(H3,11,12). The van der Waals surface area contributed by atoms with Crippen LogP contribution in [-0.4, -0.2) is 17.1 Å². The minimum absolute atomic E-state index is 0.0790. The molecule has 70 valence electrons. The van der Waals surface area contributed by atoms with E-state index in [1.54, 1.807) is 12.1 Å². The summed E-state index contributed by atoms with van der Waals surface area (Å²) in [5, 5.41) is 15.8. The van der Waals surface area contributed by atoms with Crippen LogP contribution in [0.25, 0.3) is 0 Å². The van der Waals surface area contributed by atoms with Gasteiger partial charge in [0, 0.05) is 6.42 Å². The predicted molar refractivity (Wildman–Crippen MR) is 48.6 cm³/mol. The Balaban J connectivity index is 2.64. The maximum Gasteiger partial charge on any atom is 0.160 e. The van der Waals surface area contributed by atoms with Crippen LogP contribution in [0.5, 0.6) is 5.75 Å². The molecule has 0 heterocycles. The van der Waals surface area contributed by atoms with Crippen LogP contribution in [-0.2, 0) is 6.42 Å². The van der Waals surface area contributed by atoms with E-state index in [2.05, 4.69) is 0 Å². The highest BCUT2D eigenvalue weighted by Crippen LogP contribution is 2.12. The van der Waals surface area contributed by atoms with Crippen LogP contribution in [0, 0.1) is 5.41 Å². The van der Waals surface area contributed by atoms with Gasteiger partial charge in [-0.15, -0.1) is 0 Å². The van der Waals surface area contributed by atoms with Crippen molar-refractivity contribution in [1.29, 1.82) is 5.41 Å². The van der Waals surface area contributed by atoms with Crippen LogP contribution in [0.2, 0.25) is 0 Å². The molecule has 1 aromatic rings. The second kappa shape index (κ2) is 3.89. The zero-order chi connectivity index (χ0) is 9.84. The van der Waals surface area contributed by atoms with Crippen molar-refractivity contribution in [3.63, 3.8) is 0 Å². The minimum atomic E-state index is -1.44. The summed E-state index contributed by atoms with van der Waals surface area (Å²) in [4.78, 5) is 0. The van der Waals surface area contributed by atoms with E-state index in [0.29, 0.717) is 5.56 Å². The lowest BCUT2D eigenvalue weighted by Gasteiger charge is -2.05. The number of amidine groups is 1. The predicted octanol–water partition coefficient (Wildman–Crippen LogP) is 1.21. The quantitative estimate of drug-likeness (QED) is 0.485. The van der Waals surface area contributed by atoms with Gasteiger partial charge < -0.3 is 10.8 Å². The monoisotopic (exact) mass is 182 g/mol. The van der Waals surface area contributed by atoms with Crippen molar-refractivity contribution < 1.29 is 9.50 Å². The average molecular weight is 182 g/mol. The zero-order valence-corrected chi connectivity index (χ0v) is 7.00. The Morgan fingerprint density at radius 1 is 1.46 bits per heavy atom. The third kappa shape index (κ3) is 2.74. The lowest BCUT2D eigenvalue weighted by atomic mass is 10.1. The van der Waals surface area contributed by atoms with E-state index < -0.39 is 12.0 Å². The lowest BCUT2D eigenvalue weighted by Crippen LogP contribution is -2.25. The number of halogens is 1. The van der Waals surface area contributed by atoms with Crippen LogP contribution in [0.1, 0.15) is 5.56 Å². The number of alkyl halides is 1. The first-order chi connectivity index (χ1) is 6.09. The first-order valence-corrected chi connectivity index (χ1v) is 3.85. The minimum Gasteiger partial charge on any atom is -0.508 e. The molecule has 0 aliphatic rings. The highest BCUT2D eigenvalue weighted by atomic mass is 19.1. The first kappa shape index (κ1) is 9.51. The number of hydrogen-bond acceptors (Lipinski definition) is 2. The fourth-order valence-corrected chi connectivity index (χ4v) is 0.949. The van der Waals surface area contributed by atoms with Crippen molar-refractivity contribution in [1.82, 2.24) is 0 Å². The van der Waals surface area contributed by atoms with Gasteiger partial charge in [0.15, 0.2) is 6.17 Å². The molecule has 1 unspecified atom stereocenters. The summed E-state index contributed by atoms with van der Waals surface area (Å²) in [6.45, 7) is 0. The molecule has 4 heteroatoms. The van der Waals surface area contributed by atoms with Gasteiger partial charge in [-0.3, -0.25) is 5.41 Å². The molecule has 1 rings (SSSR count). The molecule has 0 saturated carbocycles. The highest BCUT2D eigenvalue weighted by molar-refractivity contribution is 5.81. The molecule has 0 saturated heterocycles. The van der Waals surface area contributed by atoms with Crippen molar-refractivity contribution in [2.45, 2.75) is 12.6 Å². The summed E-state index contributed by atoms with van der Waals surface area (Å²) < 4.78 is 12.9. The molecule has 0 aliphatic heterocycles. The molecule has 4 N–H and O–H groups in total. The molecule has 0 amide bonds. The first-order valence-electron chi connectivity index (χ1n) is 3.85. The third-order valence-corrected chi connectivity index (χ3v) is 1.69. The van der Waals surface area contributed by atoms with Crippen LogP contribution < -0.4 is 5.73 Å². The Hall–Kier alpha value is -1.58. The van der Waals surface area contributed by atoms with Crippen molar-refractivity contribution in [2.24, 2.45) is 5.73 Å². The molecule has 13 heavy (non-hydrogen) atoms. The van der Waals surface area contributed by atoms with Gasteiger partial charge >= 0.3 is 0 Å². The van der Waals surface area contributed by atoms with Crippen molar-refractivity contribution >= 4 is 5.84 Å². The third-order valence-electron chi connectivity index (χ3n) is 1.69. The van der Waals surface area contributed by atoms with Gasteiger partial charge in [0.25, 0.3) is 0 Å². The van der Waals surface area contributed by atoms with Gasteiger partial charge in [0.05, 0.1) is 0 Å². The molecule has 0 aliphatic carbocycles. The summed E-state index contributed by atoms with van der Waals surface area (Å²) in [7, 11) is 0. The number of aromatic hydroxyl groups is 1. The summed E-state index contributed by atoms with van der Waals surface area (Å²) in [5.41, 5.74) is 5.68. The molecular weight excluding hydrogens is 171 g/mol. The van der Waals surface area contributed by atoms with E-state index >= 15 is 0 Å². The highest BCUT2D eigenvalue weighted by Gasteiger charge is 2.10. The van der Waals surface area contributed by atoms with Gasteiger partial charge in [-0.2, -0.15) is 0 Å². The van der Waals surface area contributed by atoms with Crippen LogP contribution in [0.4, 0.5) is 4.39 Å². The number of phenolic OH excluding ortho intramolecular Hbond substituents is 1. The summed E-state index contributed by atoms with van der Waals surface area (Å²) in [6, 6.07) is 6.15. The fourth-order valence-electron chi connectivity index (χ4n) is 0.949. The van der Waals surface area contributed by atoms with Gasteiger partial charge in [0.1, 0.15) is 11.6 Å². The smallest absolute Gasteiger partial charge is 0.160 e. The van der Waals surface area contributed by atoms with E-state index in [1.807, 2.05) is 0 Å². The van der Waals surface area contributed by atoms with Crippen molar-refractivity contribution in [3.05, 3.63) is 29.8 Å². The second-order valence-electron chi connectivity index (χ2n) is 2.79. The molecule has 1 atom stereocenters. The number of benzene rings is 1. The van der Waals surface area contributed by atoms with Gasteiger partial charge in [-0.1, -0.05) is 12.1 Å². The Morgan fingerprint density at radius 3 is 2.46 bits per heavy atom. The average Bonchev–Trinajstić information content (AvgIpc) is 2.08. The SMILES string of the molecule is N=C(N)C(F)Cc1ccc(O)cc1. The number of phenols is 1. The second-order valence-corrected chi connectivity index (χ2v) is 2.79. The van der Waals surface area contributed by atoms with E-state index in [-0.39, 0.29) is 12.2 Å². The van der Waals surface area contributed by atoms with E-state index in [1.165, 1.54) is 12.1 Å². The Morgan fingerprint density at radius 2 is 2.00 bits per heavy atom. The van der Waals surface area contributed by atoms with E-state index in [4.69, 9.17) is 16.2 Å². The van der Waals surface area contributed by atoms with Crippen LogP contribution in [0.3, 0.4) is 0 Å². The number of nitrogens with one attached hydrogen (secondary N) is 1. The molecule has 3 nitrogen and oxygen atoms in total. The number of hydrogen-bond donors (Lipinski definition) is 3. The summed E-state index contributed by atoms with van der Waals surface area (Å²) in [5.74, 6) is -0.324. The Bertz CT molecular complexity index is 297. The maximum absolute atomic E-state index is 12.9. The largest absolute Gasteiger partial charge is 0.508 e. The lowest BCUT2D eigenvalue weighted by molar-refractivity contribution is 0.417. The molecular formula is C9H11FN2O. The van der Waals surface area contributed by atoms with E-state index in [0.717, 1.165) is 0 Å². The normalized spacial score (nSPS) is 12.4. The van der Waals surface area contributed by atoms with Crippen LogP contribution in [0.15, 0.2) is 24.3 Å². The molecule has 0 spiro atoms. The van der Waals surface area contributed by atoms with Crippen molar-refractivity contribution in [3.8, 4) is 5.75 Å². The molecule has 0 bridgehead atoms. The van der Waals surface area contributed by atoms with Gasteiger partial charge in [-0.25, -0.2) is 4.39 Å². The molecule has 0 fully saturated rings. The Kier molecular flexibility index (Phi) is 2.84. The summed E-state index contributed by atoms with van der Waals surface area (Å²) in [6.07, 6.45) is -1.36. The van der Waals surface area contributed by atoms with Gasteiger partial charge in [0.2, 0.25) is 0 Å². The maximum atomic E-state index is 12.9. The zero-order valence-electron chi connectivity index (χ0n) is 7.00. The van der Waals surface area contributed by atoms with E-state index in [9.17, 15) is 4.39 Å². The van der Waals surface area contributed by atoms with Crippen LogP contribution >= 0.6 is 0 Å². The fraction of sp³-hybridized carbons (Fsp3) is 0.222. The summed E-state index contributed by atoms with van der Waals surface area (Å²) >= 11 is 0. The van der Waals surface area contributed by atoms with Crippen molar-refractivity contribution in [2.75, 3.05) is 0 Å². The number of nitrogens with two attached hydrogens (primary N) is 1. The molecule has 0 radical (unpaired) electrons. The number of rotatable bonds is 3. The molecule has 1 aromatic carbocycles.